The lowest BCUT2D eigenvalue weighted by molar-refractivity contribution is 0.211. The number of nitrogens with zero attached hydrogens (tertiary/aromatic N) is 1. The van der Waals surface area contributed by atoms with Crippen molar-refractivity contribution in [3.63, 3.8) is 0 Å². The van der Waals surface area contributed by atoms with Crippen molar-refractivity contribution in [2.45, 2.75) is 32.2 Å². The Labute approximate surface area is 132 Å². The second kappa shape index (κ2) is 7.65. The number of piperidine rings is 1. The van der Waals surface area contributed by atoms with E-state index in [4.69, 9.17) is 23.2 Å². The Morgan fingerprint density at radius 3 is 2.70 bits per heavy atom. The fourth-order valence-electron chi connectivity index (χ4n) is 2.82. The summed E-state index contributed by atoms with van der Waals surface area (Å²) >= 11 is 12.3. The second-order valence-electron chi connectivity index (χ2n) is 5.85. The Bertz CT molecular complexity index is 428. The van der Waals surface area contributed by atoms with E-state index in [1.165, 1.54) is 32.4 Å². The molecule has 0 aromatic heterocycles. The van der Waals surface area contributed by atoms with Crippen molar-refractivity contribution in [1.29, 1.82) is 0 Å². The summed E-state index contributed by atoms with van der Waals surface area (Å²) in [6, 6.07) is 6.08. The van der Waals surface area contributed by atoms with Gasteiger partial charge in [-0.25, -0.2) is 0 Å². The molecule has 0 amide bonds. The molecule has 1 aromatic carbocycles. The van der Waals surface area contributed by atoms with E-state index in [0.717, 1.165) is 18.0 Å². The van der Waals surface area contributed by atoms with Crippen molar-refractivity contribution >= 4 is 23.2 Å². The number of likely N-dealkylation sites (tertiary alicyclic amines) is 1. The number of hydrogen-bond acceptors (Lipinski definition) is 2. The second-order valence-corrected chi connectivity index (χ2v) is 6.64. The van der Waals surface area contributed by atoms with Gasteiger partial charge in [0, 0.05) is 6.04 Å². The minimum absolute atomic E-state index is 0.243. The van der Waals surface area contributed by atoms with Crippen LogP contribution in [0.3, 0.4) is 0 Å². The lowest BCUT2D eigenvalue weighted by Crippen LogP contribution is -2.32. The monoisotopic (exact) mass is 314 g/mol. The van der Waals surface area contributed by atoms with Crippen LogP contribution in [0.4, 0.5) is 0 Å². The van der Waals surface area contributed by atoms with E-state index in [9.17, 15) is 0 Å². The first kappa shape index (κ1) is 16.1. The van der Waals surface area contributed by atoms with Gasteiger partial charge >= 0.3 is 0 Å². The predicted octanol–water partition coefficient (Wildman–Crippen LogP) is 4.38. The lowest BCUT2D eigenvalue weighted by atomic mass is 9.93. The molecular formula is C16H24Cl2N2. The maximum atomic E-state index is 6.25. The first-order valence-electron chi connectivity index (χ1n) is 7.43. The van der Waals surface area contributed by atoms with Crippen LogP contribution in [0.2, 0.25) is 10.0 Å². The van der Waals surface area contributed by atoms with E-state index in [0.29, 0.717) is 10.0 Å². The van der Waals surface area contributed by atoms with Crippen molar-refractivity contribution in [3.8, 4) is 0 Å². The Hall–Kier alpha value is -0.280. The highest BCUT2D eigenvalue weighted by molar-refractivity contribution is 6.42. The van der Waals surface area contributed by atoms with Gasteiger partial charge in [-0.2, -0.15) is 0 Å². The Balaban J connectivity index is 1.77. The summed E-state index contributed by atoms with van der Waals surface area (Å²) in [5, 5.41) is 4.88. The smallest absolute Gasteiger partial charge is 0.0639 e. The van der Waals surface area contributed by atoms with E-state index in [-0.39, 0.29) is 6.04 Å². The van der Waals surface area contributed by atoms with Gasteiger partial charge in [0.15, 0.2) is 0 Å². The predicted molar refractivity (Wildman–Crippen MR) is 87.7 cm³/mol. The first-order chi connectivity index (χ1) is 9.58. The zero-order valence-corrected chi connectivity index (χ0v) is 13.8. The van der Waals surface area contributed by atoms with Crippen LogP contribution in [0, 0.1) is 5.92 Å². The highest BCUT2D eigenvalue weighted by Crippen LogP contribution is 2.29. The van der Waals surface area contributed by atoms with Gasteiger partial charge in [0.05, 0.1) is 10.0 Å². The summed E-state index contributed by atoms with van der Waals surface area (Å²) in [7, 11) is 2.21. The quantitative estimate of drug-likeness (QED) is 0.867. The van der Waals surface area contributed by atoms with Crippen molar-refractivity contribution < 1.29 is 0 Å². The van der Waals surface area contributed by atoms with Crippen LogP contribution in [0.1, 0.15) is 37.8 Å². The van der Waals surface area contributed by atoms with Gasteiger partial charge in [-0.05, 0) is 70.4 Å². The zero-order valence-electron chi connectivity index (χ0n) is 12.3. The van der Waals surface area contributed by atoms with Gasteiger partial charge in [0.2, 0.25) is 0 Å². The van der Waals surface area contributed by atoms with Gasteiger partial charge in [-0.3, -0.25) is 0 Å². The van der Waals surface area contributed by atoms with E-state index in [1.807, 2.05) is 18.2 Å². The van der Waals surface area contributed by atoms with Gasteiger partial charge in [0.1, 0.15) is 0 Å². The van der Waals surface area contributed by atoms with E-state index < -0.39 is 0 Å². The first-order valence-corrected chi connectivity index (χ1v) is 8.19. The van der Waals surface area contributed by atoms with Crippen LogP contribution < -0.4 is 5.32 Å². The van der Waals surface area contributed by atoms with Crippen molar-refractivity contribution in [3.05, 3.63) is 33.8 Å². The third-order valence-corrected chi connectivity index (χ3v) is 5.12. The lowest BCUT2D eigenvalue weighted by Gasteiger charge is -2.29. The van der Waals surface area contributed by atoms with Crippen molar-refractivity contribution in [2.75, 3.05) is 26.7 Å². The highest BCUT2D eigenvalue weighted by atomic mass is 35.5. The number of nitrogens with one attached hydrogen (secondary N) is 1. The molecule has 0 spiro atoms. The minimum Gasteiger partial charge on any atom is -0.310 e. The van der Waals surface area contributed by atoms with Gasteiger partial charge in [-0.15, -0.1) is 0 Å². The average Bonchev–Trinajstić information content (AvgIpc) is 2.44. The molecule has 1 unspecified atom stereocenters. The van der Waals surface area contributed by atoms with E-state index in [1.54, 1.807) is 0 Å². The molecule has 0 saturated carbocycles. The molecule has 0 aliphatic carbocycles. The topological polar surface area (TPSA) is 15.3 Å². The van der Waals surface area contributed by atoms with Gasteiger partial charge in [0.25, 0.3) is 0 Å². The molecule has 1 N–H and O–H groups in total. The van der Waals surface area contributed by atoms with E-state index in [2.05, 4.69) is 24.2 Å². The molecule has 0 radical (unpaired) electrons. The molecule has 1 atom stereocenters. The molecule has 1 aliphatic heterocycles. The minimum atomic E-state index is 0.243. The molecule has 2 nitrogen and oxygen atoms in total. The molecule has 1 fully saturated rings. The molecule has 4 heteroatoms. The van der Waals surface area contributed by atoms with Crippen LogP contribution in [0.5, 0.6) is 0 Å². The Morgan fingerprint density at radius 2 is 2.00 bits per heavy atom. The van der Waals surface area contributed by atoms with Crippen molar-refractivity contribution in [1.82, 2.24) is 10.2 Å². The Kier molecular flexibility index (Phi) is 6.16. The average molecular weight is 315 g/mol. The number of hydrogen-bond donors (Lipinski definition) is 1. The van der Waals surface area contributed by atoms with Crippen molar-refractivity contribution in [2.24, 2.45) is 5.92 Å². The molecule has 1 heterocycles. The van der Waals surface area contributed by atoms with Crippen LogP contribution in [-0.2, 0) is 0 Å². The van der Waals surface area contributed by atoms with Crippen LogP contribution in [0.25, 0.3) is 0 Å². The number of halogens is 2. The molecule has 1 aliphatic rings. The SMILES string of the molecule is CC(NCCC1CCN(C)CC1)c1cccc(Cl)c1Cl. The third kappa shape index (κ3) is 4.36. The van der Waals surface area contributed by atoms with Crippen LogP contribution in [0.15, 0.2) is 18.2 Å². The van der Waals surface area contributed by atoms with Crippen LogP contribution >= 0.6 is 23.2 Å². The maximum absolute atomic E-state index is 6.25. The fraction of sp³-hybridized carbons (Fsp3) is 0.625. The fourth-order valence-corrected chi connectivity index (χ4v) is 3.29. The summed E-state index contributed by atoms with van der Waals surface area (Å²) in [5.41, 5.74) is 1.09. The molecule has 2 rings (SSSR count). The summed E-state index contributed by atoms with van der Waals surface area (Å²) in [5.74, 6) is 0.862. The molecule has 1 aromatic rings. The number of benzene rings is 1. The highest BCUT2D eigenvalue weighted by Gasteiger charge is 2.17. The largest absolute Gasteiger partial charge is 0.310 e. The molecule has 112 valence electrons. The molecule has 20 heavy (non-hydrogen) atoms. The normalized spacial score (nSPS) is 19.2. The van der Waals surface area contributed by atoms with Gasteiger partial charge < -0.3 is 10.2 Å². The van der Waals surface area contributed by atoms with Crippen LogP contribution in [-0.4, -0.2) is 31.6 Å². The summed E-state index contributed by atoms with van der Waals surface area (Å²) in [6.07, 6.45) is 3.89. The number of rotatable bonds is 5. The Morgan fingerprint density at radius 1 is 1.30 bits per heavy atom. The summed E-state index contributed by atoms with van der Waals surface area (Å²) in [6.45, 7) is 5.66. The standard InChI is InChI=1S/C16H24Cl2N2/c1-12(14-4-3-5-15(17)16(14)18)19-9-6-13-7-10-20(2)11-8-13/h3-5,12-13,19H,6-11H2,1-2H3. The van der Waals surface area contributed by atoms with Gasteiger partial charge in [-0.1, -0.05) is 35.3 Å². The van der Waals surface area contributed by atoms with E-state index >= 15 is 0 Å². The molecule has 1 saturated heterocycles. The summed E-state index contributed by atoms with van der Waals surface area (Å²) < 4.78 is 0. The summed E-state index contributed by atoms with van der Waals surface area (Å²) in [4.78, 5) is 2.41. The molecular weight excluding hydrogens is 291 g/mol. The molecule has 0 bridgehead atoms. The maximum Gasteiger partial charge on any atom is 0.0639 e. The zero-order chi connectivity index (χ0) is 14.5. The third-order valence-electron chi connectivity index (χ3n) is 4.29.